The van der Waals surface area contributed by atoms with Crippen LogP contribution in [0, 0.1) is 5.82 Å². The molecule has 1 fully saturated rings. The first kappa shape index (κ1) is 20.5. The van der Waals surface area contributed by atoms with E-state index in [2.05, 4.69) is 24.5 Å². The van der Waals surface area contributed by atoms with E-state index in [0.29, 0.717) is 17.7 Å². The molecule has 152 valence electrons. The number of pyridine rings is 1. The standard InChI is InChI=1S/C20H28FN3O3Si/c1-5-23-12-15(20(26)27)19(25)14-10-16(21)18(11-17(14)23)24-8-6-22(7-9-24)13-28(2,3)4/h10-12H,5-9,13H2,1-4H3,(H,26,27). The van der Waals surface area contributed by atoms with E-state index in [1.807, 2.05) is 11.8 Å². The van der Waals surface area contributed by atoms with Crippen LogP contribution in [0.3, 0.4) is 0 Å². The highest BCUT2D eigenvalue weighted by atomic mass is 28.3. The Labute approximate surface area is 165 Å². The van der Waals surface area contributed by atoms with Gasteiger partial charge >= 0.3 is 5.97 Å². The van der Waals surface area contributed by atoms with Crippen LogP contribution in [-0.4, -0.2) is 61.0 Å². The summed E-state index contributed by atoms with van der Waals surface area (Å²) >= 11 is 0. The summed E-state index contributed by atoms with van der Waals surface area (Å²) in [5.41, 5.74) is 0.0716. The number of aromatic nitrogens is 1. The van der Waals surface area contributed by atoms with Crippen molar-refractivity contribution in [2.45, 2.75) is 33.1 Å². The fourth-order valence-corrected chi connectivity index (χ4v) is 5.53. The quantitative estimate of drug-likeness (QED) is 0.775. The van der Waals surface area contributed by atoms with Crippen molar-refractivity contribution in [1.29, 1.82) is 0 Å². The van der Waals surface area contributed by atoms with Gasteiger partial charge < -0.3 is 19.5 Å². The third kappa shape index (κ3) is 4.12. The smallest absolute Gasteiger partial charge is 0.341 e. The van der Waals surface area contributed by atoms with Gasteiger partial charge in [0.15, 0.2) is 0 Å². The molecule has 0 spiro atoms. The van der Waals surface area contributed by atoms with Gasteiger partial charge in [-0.05, 0) is 25.2 Å². The first-order valence-corrected chi connectivity index (χ1v) is 13.4. The number of hydrogen-bond acceptors (Lipinski definition) is 4. The van der Waals surface area contributed by atoms with Crippen LogP contribution < -0.4 is 10.3 Å². The molecule has 2 heterocycles. The second-order valence-electron chi connectivity index (χ2n) is 8.61. The van der Waals surface area contributed by atoms with Gasteiger partial charge in [-0.15, -0.1) is 0 Å². The van der Waals surface area contributed by atoms with Crippen LogP contribution in [0.4, 0.5) is 10.1 Å². The van der Waals surface area contributed by atoms with Gasteiger partial charge in [0.25, 0.3) is 0 Å². The van der Waals surface area contributed by atoms with Crippen molar-refractivity contribution in [1.82, 2.24) is 9.47 Å². The van der Waals surface area contributed by atoms with E-state index < -0.39 is 25.3 Å². The van der Waals surface area contributed by atoms with Crippen molar-refractivity contribution in [2.24, 2.45) is 0 Å². The van der Waals surface area contributed by atoms with Crippen LogP contribution in [0.2, 0.25) is 19.6 Å². The second kappa shape index (κ2) is 7.67. The number of aromatic carboxylic acids is 1. The molecule has 8 heteroatoms. The lowest BCUT2D eigenvalue weighted by Crippen LogP contribution is -2.51. The average Bonchev–Trinajstić information content (AvgIpc) is 2.61. The van der Waals surface area contributed by atoms with Crippen molar-refractivity contribution in [2.75, 3.05) is 37.2 Å². The van der Waals surface area contributed by atoms with Gasteiger partial charge in [0.05, 0.1) is 19.3 Å². The zero-order valence-corrected chi connectivity index (χ0v) is 18.0. The summed E-state index contributed by atoms with van der Waals surface area (Å²) in [6.07, 6.45) is 2.48. The maximum absolute atomic E-state index is 14.9. The number of nitrogens with zero attached hydrogens (tertiary/aromatic N) is 3. The van der Waals surface area contributed by atoms with Crippen LogP contribution in [0.25, 0.3) is 10.9 Å². The van der Waals surface area contributed by atoms with Crippen LogP contribution in [-0.2, 0) is 6.54 Å². The maximum Gasteiger partial charge on any atom is 0.341 e. The molecule has 1 N–H and O–H groups in total. The molecule has 1 aromatic carbocycles. The summed E-state index contributed by atoms with van der Waals surface area (Å²) in [5, 5.41) is 9.37. The zero-order valence-electron chi connectivity index (χ0n) is 17.0. The Balaban J connectivity index is 1.96. The predicted molar refractivity (Wildman–Crippen MR) is 113 cm³/mol. The summed E-state index contributed by atoms with van der Waals surface area (Å²) in [6.45, 7) is 12.6. The fourth-order valence-electron chi connectivity index (χ4n) is 3.87. The molecule has 0 aliphatic carbocycles. The first-order valence-electron chi connectivity index (χ1n) is 9.68. The third-order valence-electron chi connectivity index (χ3n) is 5.13. The molecule has 0 amide bonds. The molecular weight excluding hydrogens is 377 g/mol. The molecule has 0 unspecified atom stereocenters. The summed E-state index contributed by atoms with van der Waals surface area (Å²) in [4.78, 5) is 28.3. The number of carboxylic acids is 1. The Morgan fingerprint density at radius 1 is 1.18 bits per heavy atom. The lowest BCUT2D eigenvalue weighted by molar-refractivity contribution is 0.0695. The molecule has 1 aromatic heterocycles. The van der Waals surface area contributed by atoms with E-state index >= 15 is 0 Å². The number of hydrogen-bond donors (Lipinski definition) is 1. The van der Waals surface area contributed by atoms with E-state index in [1.54, 1.807) is 10.6 Å². The summed E-state index contributed by atoms with van der Waals surface area (Å²) < 4.78 is 16.6. The Kier molecular flexibility index (Phi) is 5.63. The number of aryl methyl sites for hydroxylation is 1. The molecule has 3 rings (SSSR count). The number of rotatable bonds is 5. The number of fused-ring (bicyclic) bond motifs is 1. The topological polar surface area (TPSA) is 65.8 Å². The molecule has 0 atom stereocenters. The summed E-state index contributed by atoms with van der Waals surface area (Å²) in [5.74, 6) is -1.77. The number of piperazine rings is 1. The fraction of sp³-hybridized carbons (Fsp3) is 0.500. The SMILES string of the molecule is CCn1cc(C(=O)O)c(=O)c2cc(F)c(N3CCN(C[Si](C)(C)C)CC3)cc21. The Hall–Kier alpha value is -2.19. The molecule has 0 radical (unpaired) electrons. The number of carbonyl (C=O) groups is 1. The Morgan fingerprint density at radius 2 is 1.82 bits per heavy atom. The van der Waals surface area contributed by atoms with E-state index in [4.69, 9.17) is 0 Å². The third-order valence-corrected chi connectivity index (χ3v) is 6.53. The van der Waals surface area contributed by atoms with Crippen molar-refractivity contribution in [3.8, 4) is 0 Å². The number of benzene rings is 1. The highest BCUT2D eigenvalue weighted by Gasteiger charge is 2.25. The van der Waals surface area contributed by atoms with Gasteiger partial charge in [-0.2, -0.15) is 0 Å². The van der Waals surface area contributed by atoms with Crippen LogP contribution in [0.1, 0.15) is 17.3 Å². The van der Waals surface area contributed by atoms with Crippen molar-refractivity contribution < 1.29 is 14.3 Å². The number of anilines is 1. The maximum atomic E-state index is 14.9. The lowest BCUT2D eigenvalue weighted by atomic mass is 10.1. The van der Waals surface area contributed by atoms with Gasteiger partial charge in [-0.25, -0.2) is 9.18 Å². The van der Waals surface area contributed by atoms with Gasteiger partial charge in [-0.1, -0.05) is 19.6 Å². The minimum absolute atomic E-state index is 0.111. The van der Waals surface area contributed by atoms with E-state index in [1.165, 1.54) is 12.3 Å². The molecule has 6 nitrogen and oxygen atoms in total. The number of carboxylic acid groups (broad SMARTS) is 1. The zero-order chi connectivity index (χ0) is 20.6. The second-order valence-corrected chi connectivity index (χ2v) is 14.0. The highest BCUT2D eigenvalue weighted by molar-refractivity contribution is 6.76. The Bertz CT molecular complexity index is 960. The molecule has 0 saturated carbocycles. The van der Waals surface area contributed by atoms with Crippen molar-refractivity contribution in [3.05, 3.63) is 39.9 Å². The van der Waals surface area contributed by atoms with Gasteiger partial charge in [-0.3, -0.25) is 4.79 Å². The van der Waals surface area contributed by atoms with E-state index in [0.717, 1.165) is 32.3 Å². The molecule has 1 aliphatic heterocycles. The molecular formula is C20H28FN3O3Si. The van der Waals surface area contributed by atoms with E-state index in [-0.39, 0.29) is 10.9 Å². The normalized spacial score (nSPS) is 16.0. The Morgan fingerprint density at radius 3 is 2.36 bits per heavy atom. The molecule has 2 aromatic rings. The van der Waals surface area contributed by atoms with Crippen molar-refractivity contribution >= 4 is 30.6 Å². The summed E-state index contributed by atoms with van der Waals surface area (Å²) in [6, 6.07) is 2.88. The minimum atomic E-state index is -1.29. The molecule has 1 aliphatic rings. The molecule has 1 saturated heterocycles. The average molecular weight is 406 g/mol. The summed E-state index contributed by atoms with van der Waals surface area (Å²) in [7, 11) is -1.18. The van der Waals surface area contributed by atoms with Gasteiger partial charge in [0.2, 0.25) is 5.43 Å². The number of halogens is 1. The minimum Gasteiger partial charge on any atom is -0.477 e. The van der Waals surface area contributed by atoms with Crippen LogP contribution in [0.15, 0.2) is 23.1 Å². The lowest BCUT2D eigenvalue weighted by Gasteiger charge is -2.38. The van der Waals surface area contributed by atoms with Crippen LogP contribution >= 0.6 is 0 Å². The van der Waals surface area contributed by atoms with Crippen molar-refractivity contribution in [3.63, 3.8) is 0 Å². The monoisotopic (exact) mass is 405 g/mol. The highest BCUT2D eigenvalue weighted by Crippen LogP contribution is 2.26. The molecule has 28 heavy (non-hydrogen) atoms. The first-order chi connectivity index (χ1) is 13.1. The molecule has 0 bridgehead atoms. The van der Waals surface area contributed by atoms with Gasteiger partial charge in [0, 0.05) is 44.3 Å². The van der Waals surface area contributed by atoms with Gasteiger partial charge in [0.1, 0.15) is 11.4 Å². The predicted octanol–water partition coefficient (Wildman–Crippen LogP) is 2.86. The van der Waals surface area contributed by atoms with E-state index in [9.17, 15) is 19.1 Å². The van der Waals surface area contributed by atoms with Crippen LogP contribution in [0.5, 0.6) is 0 Å². The largest absolute Gasteiger partial charge is 0.477 e.